The molecule has 0 saturated carbocycles. The van der Waals surface area contributed by atoms with Gasteiger partial charge in [0.1, 0.15) is 6.42 Å². The van der Waals surface area contributed by atoms with Crippen LogP contribution in [0.1, 0.15) is 24.0 Å². The second kappa shape index (κ2) is 9.60. The zero-order chi connectivity index (χ0) is 18.1. The molecule has 0 unspecified atom stereocenters. The van der Waals surface area contributed by atoms with Crippen molar-refractivity contribution >= 4 is 33.4 Å². The number of aryl methyl sites for hydroxylation is 1. The van der Waals surface area contributed by atoms with Crippen LogP contribution in [-0.2, 0) is 22.6 Å². The Hall–Kier alpha value is -2.65. The highest BCUT2D eigenvalue weighted by Crippen LogP contribution is 2.17. The first kappa shape index (κ1) is 18.7. The molecule has 0 bridgehead atoms. The largest absolute Gasteiger partial charge is 0.352 e. The lowest BCUT2D eigenvalue weighted by molar-refractivity contribution is -0.121. The van der Waals surface area contributed by atoms with Crippen LogP contribution in [0.5, 0.6) is 0 Å². The van der Waals surface area contributed by atoms with Gasteiger partial charge in [0.15, 0.2) is 0 Å². The Balaban J connectivity index is 1.77. The van der Waals surface area contributed by atoms with Gasteiger partial charge >= 0.3 is 0 Å². The van der Waals surface area contributed by atoms with E-state index in [9.17, 15) is 9.59 Å². The SMILES string of the molecule is N#CCC(=O)Nc1ccc(CNC(=O)CCc2ccccc2Br)cc1. The summed E-state index contributed by atoms with van der Waals surface area (Å²) in [4.78, 5) is 23.3. The van der Waals surface area contributed by atoms with E-state index in [0.29, 0.717) is 25.1 Å². The number of nitrogens with zero attached hydrogens (tertiary/aromatic N) is 1. The summed E-state index contributed by atoms with van der Waals surface area (Å²) in [5.74, 6) is -0.349. The van der Waals surface area contributed by atoms with Crippen molar-refractivity contribution in [3.05, 3.63) is 64.1 Å². The number of amides is 2. The number of nitrogens with one attached hydrogen (secondary N) is 2. The van der Waals surface area contributed by atoms with E-state index in [1.165, 1.54) is 0 Å². The van der Waals surface area contributed by atoms with Crippen molar-refractivity contribution < 1.29 is 9.59 Å². The van der Waals surface area contributed by atoms with Gasteiger partial charge in [0.2, 0.25) is 11.8 Å². The van der Waals surface area contributed by atoms with Crippen molar-refractivity contribution in [2.75, 3.05) is 5.32 Å². The number of carbonyl (C=O) groups is 2. The molecule has 0 aromatic heterocycles. The van der Waals surface area contributed by atoms with Crippen molar-refractivity contribution in [1.29, 1.82) is 5.26 Å². The summed E-state index contributed by atoms with van der Waals surface area (Å²) in [6.45, 7) is 0.432. The van der Waals surface area contributed by atoms with E-state index in [1.54, 1.807) is 18.2 Å². The highest BCUT2D eigenvalue weighted by Gasteiger charge is 2.05. The van der Waals surface area contributed by atoms with Crippen LogP contribution in [0.25, 0.3) is 0 Å². The Labute approximate surface area is 155 Å². The van der Waals surface area contributed by atoms with Crippen molar-refractivity contribution in [3.63, 3.8) is 0 Å². The van der Waals surface area contributed by atoms with Gasteiger partial charge in [-0.3, -0.25) is 9.59 Å². The van der Waals surface area contributed by atoms with Gasteiger partial charge in [-0.05, 0) is 35.7 Å². The molecule has 128 valence electrons. The summed E-state index contributed by atoms with van der Waals surface area (Å²) in [5, 5.41) is 14.0. The molecule has 0 fully saturated rings. The maximum Gasteiger partial charge on any atom is 0.238 e. The number of rotatable bonds is 7. The predicted molar refractivity (Wildman–Crippen MR) is 99.6 cm³/mol. The second-order valence-electron chi connectivity index (χ2n) is 5.45. The Morgan fingerprint density at radius 2 is 1.76 bits per heavy atom. The van der Waals surface area contributed by atoms with E-state index in [1.807, 2.05) is 36.4 Å². The van der Waals surface area contributed by atoms with Crippen LogP contribution < -0.4 is 10.6 Å². The number of hydrogen-bond donors (Lipinski definition) is 2. The van der Waals surface area contributed by atoms with Crippen molar-refractivity contribution in [3.8, 4) is 6.07 Å². The lowest BCUT2D eigenvalue weighted by Crippen LogP contribution is -2.23. The molecule has 2 amide bonds. The minimum Gasteiger partial charge on any atom is -0.352 e. The highest BCUT2D eigenvalue weighted by molar-refractivity contribution is 9.10. The van der Waals surface area contributed by atoms with Crippen molar-refractivity contribution in [1.82, 2.24) is 5.32 Å². The molecule has 0 radical (unpaired) electrons. The topological polar surface area (TPSA) is 82.0 Å². The zero-order valence-corrected chi connectivity index (χ0v) is 15.2. The first-order chi connectivity index (χ1) is 12.1. The summed E-state index contributed by atoms with van der Waals surface area (Å²) >= 11 is 3.48. The van der Waals surface area contributed by atoms with Gasteiger partial charge in [-0.15, -0.1) is 0 Å². The third-order valence-electron chi connectivity index (χ3n) is 3.55. The Bertz CT molecular complexity index is 782. The molecule has 0 aliphatic heterocycles. The van der Waals surface area contributed by atoms with Gasteiger partial charge in [-0.1, -0.05) is 46.3 Å². The first-order valence-electron chi connectivity index (χ1n) is 7.84. The second-order valence-corrected chi connectivity index (χ2v) is 6.30. The molecule has 0 heterocycles. The Morgan fingerprint density at radius 3 is 2.44 bits per heavy atom. The summed E-state index contributed by atoms with van der Waals surface area (Å²) in [6.07, 6.45) is 0.928. The van der Waals surface area contributed by atoms with E-state index in [-0.39, 0.29) is 18.2 Å². The van der Waals surface area contributed by atoms with Crippen LogP contribution in [0, 0.1) is 11.3 Å². The Kier molecular flexibility index (Phi) is 7.17. The highest BCUT2D eigenvalue weighted by atomic mass is 79.9. The number of halogens is 1. The maximum absolute atomic E-state index is 12.0. The number of carbonyl (C=O) groups excluding carboxylic acids is 2. The number of nitriles is 1. The maximum atomic E-state index is 12.0. The van der Waals surface area contributed by atoms with Crippen LogP contribution in [0.3, 0.4) is 0 Å². The van der Waals surface area contributed by atoms with Crippen molar-refractivity contribution in [2.45, 2.75) is 25.8 Å². The molecule has 2 N–H and O–H groups in total. The predicted octanol–water partition coefficient (Wildman–Crippen LogP) is 3.55. The third-order valence-corrected chi connectivity index (χ3v) is 4.32. The lowest BCUT2D eigenvalue weighted by atomic mass is 10.1. The molecule has 5 nitrogen and oxygen atoms in total. The molecular formula is C19H18BrN3O2. The molecule has 2 aromatic rings. The average Bonchev–Trinajstić information content (AvgIpc) is 2.60. The first-order valence-corrected chi connectivity index (χ1v) is 8.63. The monoisotopic (exact) mass is 399 g/mol. The van der Waals surface area contributed by atoms with E-state index in [4.69, 9.17) is 5.26 Å². The van der Waals surface area contributed by atoms with Crippen LogP contribution >= 0.6 is 15.9 Å². The molecule has 2 rings (SSSR count). The zero-order valence-electron chi connectivity index (χ0n) is 13.6. The van der Waals surface area contributed by atoms with Crippen LogP contribution in [0.15, 0.2) is 53.0 Å². The van der Waals surface area contributed by atoms with Crippen LogP contribution in [0.2, 0.25) is 0 Å². The van der Waals surface area contributed by atoms with Crippen LogP contribution in [0.4, 0.5) is 5.69 Å². The fourth-order valence-electron chi connectivity index (χ4n) is 2.22. The summed E-state index contributed by atoms with van der Waals surface area (Å²) < 4.78 is 1.01. The normalized spacial score (nSPS) is 9.92. The number of anilines is 1. The quantitative estimate of drug-likeness (QED) is 0.746. The van der Waals surface area contributed by atoms with Gasteiger partial charge in [0, 0.05) is 23.1 Å². The molecule has 0 aliphatic carbocycles. The minimum absolute atomic E-state index is 0.0119. The average molecular weight is 400 g/mol. The molecule has 0 atom stereocenters. The number of benzene rings is 2. The van der Waals surface area contributed by atoms with Gasteiger partial charge in [-0.2, -0.15) is 5.26 Å². The smallest absolute Gasteiger partial charge is 0.238 e. The van der Waals surface area contributed by atoms with Crippen molar-refractivity contribution in [2.24, 2.45) is 0 Å². The Morgan fingerprint density at radius 1 is 1.04 bits per heavy atom. The molecular weight excluding hydrogens is 382 g/mol. The molecule has 0 spiro atoms. The van der Waals surface area contributed by atoms with Gasteiger partial charge in [0.25, 0.3) is 0 Å². The lowest BCUT2D eigenvalue weighted by Gasteiger charge is -2.08. The van der Waals surface area contributed by atoms with E-state index in [2.05, 4.69) is 26.6 Å². The van der Waals surface area contributed by atoms with Crippen LogP contribution in [-0.4, -0.2) is 11.8 Å². The third kappa shape index (κ3) is 6.40. The van der Waals surface area contributed by atoms with Gasteiger partial charge in [0.05, 0.1) is 6.07 Å². The molecule has 6 heteroatoms. The fourth-order valence-corrected chi connectivity index (χ4v) is 2.70. The fraction of sp³-hybridized carbons (Fsp3) is 0.211. The number of hydrogen-bond acceptors (Lipinski definition) is 3. The summed E-state index contributed by atoms with van der Waals surface area (Å²) in [6, 6.07) is 16.8. The summed E-state index contributed by atoms with van der Waals surface area (Å²) in [5.41, 5.74) is 2.67. The van der Waals surface area contributed by atoms with Gasteiger partial charge in [-0.25, -0.2) is 0 Å². The standard InChI is InChI=1S/C19H18BrN3O2/c20-17-4-2-1-3-15(17)7-10-18(24)22-13-14-5-8-16(9-6-14)23-19(25)11-12-21/h1-6,8-9H,7,10-11,13H2,(H,22,24)(H,23,25). The summed E-state index contributed by atoms with van der Waals surface area (Å²) in [7, 11) is 0. The van der Waals surface area contributed by atoms with E-state index < -0.39 is 0 Å². The molecule has 25 heavy (non-hydrogen) atoms. The van der Waals surface area contributed by atoms with E-state index >= 15 is 0 Å². The van der Waals surface area contributed by atoms with Gasteiger partial charge < -0.3 is 10.6 Å². The minimum atomic E-state index is -0.337. The molecule has 0 aliphatic rings. The molecule has 0 saturated heterocycles. The molecule has 2 aromatic carbocycles. The van der Waals surface area contributed by atoms with E-state index in [0.717, 1.165) is 15.6 Å².